The molecule has 1 aliphatic heterocycles. The van der Waals surface area contributed by atoms with E-state index in [0.29, 0.717) is 5.92 Å². The Morgan fingerprint density at radius 2 is 1.79 bits per heavy atom. The molecule has 2 bridgehead atoms. The molecule has 1 aromatic heterocycles. The molecule has 3 aromatic rings. The van der Waals surface area contributed by atoms with Crippen LogP contribution in [0.3, 0.4) is 0 Å². The molecule has 0 amide bonds. The number of hydrogen-bond donors (Lipinski definition) is 1. The molecule has 142 valence electrons. The third kappa shape index (κ3) is 2.51. The lowest BCUT2D eigenvalue weighted by atomic mass is 9.64. The van der Waals surface area contributed by atoms with Crippen molar-refractivity contribution < 1.29 is 0 Å². The number of hydrogen-bond acceptors (Lipinski definition) is 4. The summed E-state index contributed by atoms with van der Waals surface area (Å²) in [5.41, 5.74) is 5.05. The summed E-state index contributed by atoms with van der Waals surface area (Å²) >= 11 is 1.86. The van der Waals surface area contributed by atoms with Gasteiger partial charge in [-0.05, 0) is 61.1 Å². The number of hydrazone groups is 1. The van der Waals surface area contributed by atoms with E-state index < -0.39 is 0 Å². The molecule has 4 heteroatoms. The van der Waals surface area contributed by atoms with Gasteiger partial charge in [0.2, 0.25) is 0 Å². The topological polar surface area (TPSA) is 27.6 Å². The van der Waals surface area contributed by atoms with Gasteiger partial charge in [-0.25, -0.2) is 0 Å². The highest BCUT2D eigenvalue weighted by Crippen LogP contribution is 2.51. The first kappa shape index (κ1) is 16.6. The van der Waals surface area contributed by atoms with Crippen LogP contribution in [0.5, 0.6) is 0 Å². The summed E-state index contributed by atoms with van der Waals surface area (Å²) in [7, 11) is 0. The van der Waals surface area contributed by atoms with Gasteiger partial charge < -0.3 is 4.90 Å². The fourth-order valence-electron chi connectivity index (χ4n) is 5.64. The summed E-state index contributed by atoms with van der Waals surface area (Å²) in [6, 6.07) is 21.9. The molecule has 0 unspecified atom stereocenters. The first-order chi connectivity index (χ1) is 13.8. The van der Waals surface area contributed by atoms with Crippen molar-refractivity contribution in [2.45, 2.75) is 44.3 Å². The number of benzene rings is 2. The number of nitrogens with one attached hydrogen (secondary N) is 1. The molecule has 2 aromatic carbocycles. The van der Waals surface area contributed by atoms with Crippen molar-refractivity contribution in [3.63, 3.8) is 0 Å². The van der Waals surface area contributed by atoms with Gasteiger partial charge in [-0.3, -0.25) is 5.43 Å². The molecule has 1 spiro atoms. The van der Waals surface area contributed by atoms with Gasteiger partial charge in [0.1, 0.15) is 5.66 Å². The summed E-state index contributed by atoms with van der Waals surface area (Å²) < 4.78 is 1.34. The van der Waals surface area contributed by atoms with E-state index in [9.17, 15) is 0 Å². The smallest absolute Gasteiger partial charge is 0.168 e. The Labute approximate surface area is 170 Å². The van der Waals surface area contributed by atoms with Crippen LogP contribution in [0.25, 0.3) is 10.1 Å². The van der Waals surface area contributed by atoms with Crippen molar-refractivity contribution in [2.24, 2.45) is 16.9 Å². The lowest BCUT2D eigenvalue weighted by Gasteiger charge is -2.54. The van der Waals surface area contributed by atoms with E-state index in [-0.39, 0.29) is 5.66 Å². The lowest BCUT2D eigenvalue weighted by molar-refractivity contribution is -0.0330. The van der Waals surface area contributed by atoms with Crippen molar-refractivity contribution in [1.29, 1.82) is 0 Å². The molecule has 1 N–H and O–H groups in total. The van der Waals surface area contributed by atoms with E-state index >= 15 is 0 Å². The molecular weight excluding hydrogens is 362 g/mol. The molecule has 3 fully saturated rings. The van der Waals surface area contributed by atoms with Crippen LogP contribution in [0, 0.1) is 11.8 Å². The van der Waals surface area contributed by atoms with Gasteiger partial charge in [-0.15, -0.1) is 11.3 Å². The van der Waals surface area contributed by atoms with Crippen LogP contribution in [0.2, 0.25) is 0 Å². The molecule has 0 saturated heterocycles. The van der Waals surface area contributed by atoms with Crippen molar-refractivity contribution in [3.05, 3.63) is 71.1 Å². The molecule has 2 heterocycles. The molecule has 3 aliphatic carbocycles. The second-order valence-corrected chi connectivity index (χ2v) is 9.70. The lowest BCUT2D eigenvalue weighted by Crippen LogP contribution is -2.63. The summed E-state index contributed by atoms with van der Waals surface area (Å²) in [6.45, 7) is 0.921. The largest absolute Gasteiger partial charge is 0.325 e. The number of rotatable bonds is 3. The third-order valence-electron chi connectivity index (χ3n) is 7.04. The van der Waals surface area contributed by atoms with Crippen molar-refractivity contribution in [2.75, 3.05) is 0 Å². The Bertz CT molecular complexity index is 999. The zero-order valence-corrected chi connectivity index (χ0v) is 16.8. The zero-order chi connectivity index (χ0) is 18.6. The second-order valence-electron chi connectivity index (χ2n) is 8.61. The molecule has 3 saturated carbocycles. The first-order valence-electron chi connectivity index (χ1n) is 10.5. The van der Waals surface area contributed by atoms with Crippen molar-refractivity contribution >= 4 is 27.3 Å². The van der Waals surface area contributed by atoms with E-state index in [4.69, 9.17) is 5.10 Å². The Balaban J connectivity index is 1.43. The summed E-state index contributed by atoms with van der Waals surface area (Å²) in [6.07, 6.45) is 6.68. The Morgan fingerprint density at radius 1 is 1.00 bits per heavy atom. The average Bonchev–Trinajstić information content (AvgIpc) is 3.32. The van der Waals surface area contributed by atoms with Crippen LogP contribution in [0.4, 0.5) is 0 Å². The third-order valence-corrected chi connectivity index (χ3v) is 8.16. The number of amidine groups is 1. The van der Waals surface area contributed by atoms with E-state index in [0.717, 1.165) is 18.3 Å². The quantitative estimate of drug-likeness (QED) is 0.636. The Morgan fingerprint density at radius 3 is 2.54 bits per heavy atom. The van der Waals surface area contributed by atoms with Crippen LogP contribution in [0.1, 0.15) is 42.5 Å². The molecule has 28 heavy (non-hydrogen) atoms. The van der Waals surface area contributed by atoms with Crippen molar-refractivity contribution in [1.82, 2.24) is 10.3 Å². The van der Waals surface area contributed by atoms with Gasteiger partial charge in [0.05, 0.1) is 4.88 Å². The Kier molecular flexibility index (Phi) is 3.76. The summed E-state index contributed by atoms with van der Waals surface area (Å²) in [4.78, 5) is 3.89. The fourth-order valence-corrected chi connectivity index (χ4v) is 6.70. The van der Waals surface area contributed by atoms with Crippen LogP contribution >= 0.6 is 11.3 Å². The van der Waals surface area contributed by atoms with Crippen LogP contribution in [-0.2, 0) is 6.54 Å². The number of thiophene rings is 1. The Hall–Kier alpha value is -2.33. The average molecular weight is 388 g/mol. The maximum Gasteiger partial charge on any atom is 0.168 e. The molecule has 3 nitrogen and oxygen atoms in total. The minimum absolute atomic E-state index is 0.00250. The fraction of sp³-hybridized carbons (Fsp3) is 0.375. The van der Waals surface area contributed by atoms with Crippen LogP contribution in [-0.4, -0.2) is 16.4 Å². The van der Waals surface area contributed by atoms with Gasteiger partial charge in [0, 0.05) is 17.2 Å². The van der Waals surface area contributed by atoms with Gasteiger partial charge in [0.15, 0.2) is 5.84 Å². The molecule has 4 aliphatic rings. The summed E-state index contributed by atoms with van der Waals surface area (Å²) in [5.74, 6) is 2.67. The highest BCUT2D eigenvalue weighted by Gasteiger charge is 2.54. The molecule has 1 atom stereocenters. The van der Waals surface area contributed by atoms with Crippen molar-refractivity contribution in [3.8, 4) is 0 Å². The highest BCUT2D eigenvalue weighted by atomic mass is 32.1. The maximum absolute atomic E-state index is 4.98. The summed E-state index contributed by atoms with van der Waals surface area (Å²) in [5, 5.41) is 6.29. The minimum Gasteiger partial charge on any atom is -0.325 e. The maximum atomic E-state index is 4.98. The monoisotopic (exact) mass is 387 g/mol. The van der Waals surface area contributed by atoms with Gasteiger partial charge in [0.25, 0.3) is 0 Å². The SMILES string of the molecule is c1ccc(CN2C(c3cc4ccccc4s3)=NN[C@@]23CC2CCC3CC2)cc1. The standard InChI is InChI=1S/C24H25N3S/c1-2-6-18(7-3-1)16-27-23(22-14-19-8-4-5-9-21(19)28-22)25-26-24(27)15-17-10-12-20(24)13-11-17/h1-9,14,17,20,26H,10-13,15-16H2/t17?,20?,24-/m0/s1. The van der Waals surface area contributed by atoms with E-state index in [1.165, 1.54) is 52.6 Å². The van der Waals surface area contributed by atoms with E-state index in [1.807, 2.05) is 11.3 Å². The van der Waals surface area contributed by atoms with Crippen LogP contribution in [0.15, 0.2) is 65.8 Å². The number of fused-ring (bicyclic) bond motifs is 3. The van der Waals surface area contributed by atoms with Crippen LogP contribution < -0.4 is 5.43 Å². The molecule has 7 rings (SSSR count). The normalized spacial score (nSPS) is 28.7. The molecule has 0 radical (unpaired) electrons. The predicted molar refractivity (Wildman–Crippen MR) is 116 cm³/mol. The second kappa shape index (κ2) is 6.35. The van der Waals surface area contributed by atoms with E-state index in [1.54, 1.807) is 0 Å². The predicted octanol–water partition coefficient (Wildman–Crippen LogP) is 5.57. The molecular formula is C24H25N3S. The van der Waals surface area contributed by atoms with Gasteiger partial charge in [-0.2, -0.15) is 5.10 Å². The van der Waals surface area contributed by atoms with Gasteiger partial charge >= 0.3 is 0 Å². The first-order valence-corrected chi connectivity index (χ1v) is 11.3. The minimum atomic E-state index is 0.00250. The zero-order valence-electron chi connectivity index (χ0n) is 16.0. The highest BCUT2D eigenvalue weighted by molar-refractivity contribution is 7.20. The van der Waals surface area contributed by atoms with E-state index in [2.05, 4.69) is 71.0 Å². The van der Waals surface area contributed by atoms with Gasteiger partial charge in [-0.1, -0.05) is 48.5 Å². The number of nitrogens with zero attached hydrogens (tertiary/aromatic N) is 2.